The van der Waals surface area contributed by atoms with Gasteiger partial charge in [0.15, 0.2) is 0 Å². The Morgan fingerprint density at radius 2 is 1.80 bits per heavy atom. The van der Waals surface area contributed by atoms with Gasteiger partial charge in [0.25, 0.3) is 0 Å². The number of hydrogen-bond acceptors (Lipinski definition) is 3. The van der Waals surface area contributed by atoms with Gasteiger partial charge in [-0.2, -0.15) is 0 Å². The van der Waals surface area contributed by atoms with Crippen molar-refractivity contribution in [1.82, 2.24) is 9.80 Å². The van der Waals surface area contributed by atoms with Crippen LogP contribution in [0.3, 0.4) is 0 Å². The lowest BCUT2D eigenvalue weighted by molar-refractivity contribution is 0.0629. The number of hydrogen-bond donors (Lipinski definition) is 0. The summed E-state index contributed by atoms with van der Waals surface area (Å²) in [5.41, 5.74) is 0.0245. The SMILES string of the molecule is C=CCCC(C(=C)OC(=C)C)N(C)C(C)(C)CN(C)C. The van der Waals surface area contributed by atoms with Gasteiger partial charge < -0.3 is 9.64 Å². The van der Waals surface area contributed by atoms with Crippen molar-refractivity contribution in [2.45, 2.75) is 45.2 Å². The van der Waals surface area contributed by atoms with E-state index in [1.807, 2.05) is 13.0 Å². The molecule has 0 saturated heterocycles. The minimum atomic E-state index is 0.0245. The maximum Gasteiger partial charge on any atom is 0.114 e. The first-order valence-corrected chi connectivity index (χ1v) is 7.12. The van der Waals surface area contributed by atoms with E-state index in [0.717, 1.165) is 25.1 Å². The smallest absolute Gasteiger partial charge is 0.114 e. The summed E-state index contributed by atoms with van der Waals surface area (Å²) in [6.45, 7) is 19.0. The van der Waals surface area contributed by atoms with Crippen LogP contribution in [0.2, 0.25) is 0 Å². The lowest BCUT2D eigenvalue weighted by atomic mass is 9.97. The topological polar surface area (TPSA) is 15.7 Å². The van der Waals surface area contributed by atoms with Gasteiger partial charge in [-0.25, -0.2) is 0 Å². The molecule has 0 N–H and O–H groups in total. The van der Waals surface area contributed by atoms with Crippen LogP contribution in [0.5, 0.6) is 0 Å². The Morgan fingerprint density at radius 1 is 1.25 bits per heavy atom. The van der Waals surface area contributed by atoms with Crippen molar-refractivity contribution in [1.29, 1.82) is 0 Å². The lowest BCUT2D eigenvalue weighted by Crippen LogP contribution is -2.53. The summed E-state index contributed by atoms with van der Waals surface area (Å²) < 4.78 is 5.65. The molecule has 0 aromatic heterocycles. The summed E-state index contributed by atoms with van der Waals surface area (Å²) in [6, 6.07) is 0.152. The molecule has 1 unspecified atom stereocenters. The van der Waals surface area contributed by atoms with E-state index < -0.39 is 0 Å². The van der Waals surface area contributed by atoms with Gasteiger partial charge in [0.05, 0.1) is 11.8 Å². The highest BCUT2D eigenvalue weighted by Crippen LogP contribution is 2.25. The van der Waals surface area contributed by atoms with E-state index in [9.17, 15) is 0 Å². The summed E-state index contributed by atoms with van der Waals surface area (Å²) in [5, 5.41) is 0. The molecule has 0 fully saturated rings. The van der Waals surface area contributed by atoms with Crippen molar-refractivity contribution >= 4 is 0 Å². The Kier molecular flexibility index (Phi) is 7.84. The van der Waals surface area contributed by atoms with Crippen LogP contribution in [0.25, 0.3) is 0 Å². The fourth-order valence-corrected chi connectivity index (χ4v) is 2.45. The molecule has 1 atom stereocenters. The van der Waals surface area contributed by atoms with Crippen molar-refractivity contribution in [2.24, 2.45) is 0 Å². The Morgan fingerprint density at radius 3 is 2.20 bits per heavy atom. The molecule has 20 heavy (non-hydrogen) atoms. The number of ether oxygens (including phenoxy) is 1. The molecule has 0 spiro atoms. The lowest BCUT2D eigenvalue weighted by Gasteiger charge is -2.43. The summed E-state index contributed by atoms with van der Waals surface area (Å²) >= 11 is 0. The van der Waals surface area contributed by atoms with Crippen LogP contribution < -0.4 is 0 Å². The zero-order valence-corrected chi connectivity index (χ0v) is 14.2. The number of rotatable bonds is 10. The second-order valence-corrected chi connectivity index (χ2v) is 6.31. The van der Waals surface area contributed by atoms with Crippen LogP contribution in [-0.2, 0) is 4.74 Å². The zero-order chi connectivity index (χ0) is 15.9. The van der Waals surface area contributed by atoms with Crippen LogP contribution in [-0.4, -0.2) is 49.1 Å². The molecule has 3 heteroatoms. The minimum absolute atomic E-state index is 0.0245. The van der Waals surface area contributed by atoms with Gasteiger partial charge in [-0.1, -0.05) is 19.2 Å². The quantitative estimate of drug-likeness (QED) is 0.449. The molecule has 3 nitrogen and oxygen atoms in total. The van der Waals surface area contributed by atoms with E-state index in [-0.39, 0.29) is 11.6 Å². The number of nitrogens with zero attached hydrogens (tertiary/aromatic N) is 2. The predicted octanol–water partition coefficient (Wildman–Crippen LogP) is 3.66. The summed E-state index contributed by atoms with van der Waals surface area (Å²) in [7, 11) is 6.31. The zero-order valence-electron chi connectivity index (χ0n) is 14.2. The van der Waals surface area contributed by atoms with Gasteiger partial charge in [0.2, 0.25) is 0 Å². The highest BCUT2D eigenvalue weighted by Gasteiger charge is 2.31. The third-order valence-electron chi connectivity index (χ3n) is 3.45. The largest absolute Gasteiger partial charge is 0.466 e. The molecule has 0 radical (unpaired) electrons. The molecule has 0 aromatic rings. The summed E-state index contributed by atoms with van der Waals surface area (Å²) in [6.07, 6.45) is 3.82. The predicted molar refractivity (Wildman–Crippen MR) is 88.7 cm³/mol. The second-order valence-electron chi connectivity index (χ2n) is 6.31. The Hall–Kier alpha value is -1.06. The third kappa shape index (κ3) is 6.40. The van der Waals surface area contributed by atoms with E-state index in [0.29, 0.717) is 5.76 Å². The Labute approximate surface area is 125 Å². The summed E-state index contributed by atoms with van der Waals surface area (Å²) in [4.78, 5) is 4.53. The number of likely N-dealkylation sites (N-methyl/N-ethyl adjacent to an activating group) is 2. The average Bonchev–Trinajstić information content (AvgIpc) is 2.26. The molecule has 0 aliphatic carbocycles. The monoisotopic (exact) mass is 280 g/mol. The van der Waals surface area contributed by atoms with Crippen LogP contribution in [0.1, 0.15) is 33.6 Å². The van der Waals surface area contributed by atoms with Gasteiger partial charge in [-0.05, 0) is 54.8 Å². The van der Waals surface area contributed by atoms with E-state index >= 15 is 0 Å². The van der Waals surface area contributed by atoms with E-state index in [1.54, 1.807) is 0 Å². The third-order valence-corrected chi connectivity index (χ3v) is 3.45. The first kappa shape index (κ1) is 18.9. The van der Waals surface area contributed by atoms with Crippen molar-refractivity contribution in [2.75, 3.05) is 27.7 Å². The average molecular weight is 280 g/mol. The van der Waals surface area contributed by atoms with Gasteiger partial charge in [0.1, 0.15) is 5.76 Å². The van der Waals surface area contributed by atoms with Gasteiger partial charge >= 0.3 is 0 Å². The highest BCUT2D eigenvalue weighted by atomic mass is 16.5. The minimum Gasteiger partial charge on any atom is -0.466 e. The molecular formula is C17H32N2O. The Balaban J connectivity index is 5.04. The maximum atomic E-state index is 5.65. The molecule has 116 valence electrons. The second kappa shape index (κ2) is 8.28. The van der Waals surface area contributed by atoms with Crippen molar-refractivity contribution in [3.05, 3.63) is 37.3 Å². The molecule has 0 aliphatic heterocycles. The van der Waals surface area contributed by atoms with E-state index in [2.05, 4.69) is 64.5 Å². The maximum absolute atomic E-state index is 5.65. The number of allylic oxidation sites excluding steroid dienone is 2. The van der Waals surface area contributed by atoms with Crippen molar-refractivity contribution in [3.8, 4) is 0 Å². The van der Waals surface area contributed by atoms with Gasteiger partial charge in [0, 0.05) is 12.1 Å². The van der Waals surface area contributed by atoms with Crippen molar-refractivity contribution in [3.63, 3.8) is 0 Å². The molecule has 0 aromatic carbocycles. The van der Waals surface area contributed by atoms with Crippen LogP contribution in [0.4, 0.5) is 0 Å². The normalized spacial score (nSPS) is 13.4. The fraction of sp³-hybridized carbons (Fsp3) is 0.647. The molecule has 0 rings (SSSR count). The molecule has 0 heterocycles. The standard InChI is InChI=1S/C17H32N2O/c1-10-11-12-16(15(4)20-14(2)3)19(9)17(5,6)13-18(7)8/h10,16H,1-2,4,11-13H2,3,5-9H3. The Bertz CT molecular complexity index is 345. The van der Waals surface area contributed by atoms with Crippen LogP contribution >= 0.6 is 0 Å². The first-order valence-electron chi connectivity index (χ1n) is 7.12. The molecule has 0 aliphatic rings. The highest BCUT2D eigenvalue weighted by molar-refractivity contribution is 5.05. The van der Waals surface area contributed by atoms with E-state index in [4.69, 9.17) is 4.74 Å². The van der Waals surface area contributed by atoms with Gasteiger partial charge in [-0.15, -0.1) is 6.58 Å². The van der Waals surface area contributed by atoms with E-state index in [1.165, 1.54) is 0 Å². The molecule has 0 bridgehead atoms. The van der Waals surface area contributed by atoms with Crippen LogP contribution in [0, 0.1) is 0 Å². The van der Waals surface area contributed by atoms with Crippen LogP contribution in [0.15, 0.2) is 37.3 Å². The molecular weight excluding hydrogens is 248 g/mol. The summed E-state index contributed by atoms with van der Waals surface area (Å²) in [5.74, 6) is 1.44. The van der Waals surface area contributed by atoms with Gasteiger partial charge in [-0.3, -0.25) is 4.90 Å². The molecule has 0 saturated carbocycles. The molecule has 0 amide bonds. The van der Waals surface area contributed by atoms with Crippen molar-refractivity contribution < 1.29 is 4.74 Å². The fourth-order valence-electron chi connectivity index (χ4n) is 2.45. The first-order chi connectivity index (χ1) is 9.11.